The van der Waals surface area contributed by atoms with Crippen LogP contribution in [0, 0.1) is 0 Å². The Morgan fingerprint density at radius 1 is 1.05 bits per heavy atom. The molecule has 0 amide bonds. The van der Waals surface area contributed by atoms with E-state index < -0.39 is 0 Å². The van der Waals surface area contributed by atoms with Gasteiger partial charge >= 0.3 is 0 Å². The summed E-state index contributed by atoms with van der Waals surface area (Å²) in [6.45, 7) is 0.465. The van der Waals surface area contributed by atoms with Gasteiger partial charge in [0, 0.05) is 18.3 Å². The smallest absolute Gasteiger partial charge is 0.119 e. The molecule has 1 unspecified atom stereocenters. The van der Waals surface area contributed by atoms with Gasteiger partial charge in [0.15, 0.2) is 0 Å². The van der Waals surface area contributed by atoms with Crippen LogP contribution in [0.4, 0.5) is 0 Å². The normalized spacial score (nSPS) is 11.9. The number of ether oxygens (including phenoxy) is 2. The monoisotopic (exact) mass is 259 g/mol. The zero-order valence-electron chi connectivity index (χ0n) is 10.8. The number of rotatable bonds is 6. The van der Waals surface area contributed by atoms with Crippen LogP contribution in [-0.2, 0) is 0 Å². The minimum atomic E-state index is -0.0508. The minimum absolute atomic E-state index is 0.0418. The van der Waals surface area contributed by atoms with E-state index >= 15 is 0 Å². The molecule has 1 N–H and O–H groups in total. The zero-order chi connectivity index (χ0) is 13.5. The van der Waals surface area contributed by atoms with Gasteiger partial charge in [0.25, 0.3) is 0 Å². The second kappa shape index (κ2) is 6.75. The van der Waals surface area contributed by atoms with Crippen LogP contribution >= 0.6 is 0 Å². The molecule has 0 radical (unpaired) electrons. The highest BCUT2D eigenvalue weighted by Gasteiger charge is 2.11. The lowest BCUT2D eigenvalue weighted by Gasteiger charge is -2.15. The summed E-state index contributed by atoms with van der Waals surface area (Å²) in [6.07, 6.45) is 3.43. The molecule has 0 aliphatic carbocycles. The molecular formula is C15H17NO3. The van der Waals surface area contributed by atoms with E-state index in [4.69, 9.17) is 9.47 Å². The van der Waals surface area contributed by atoms with E-state index in [0.717, 1.165) is 17.1 Å². The number of pyridine rings is 1. The number of aromatic nitrogens is 1. The molecular weight excluding hydrogens is 242 g/mol. The van der Waals surface area contributed by atoms with Gasteiger partial charge in [-0.25, -0.2) is 0 Å². The number of hydrogen-bond acceptors (Lipinski definition) is 4. The fourth-order valence-corrected chi connectivity index (χ4v) is 1.76. The second-order valence-corrected chi connectivity index (χ2v) is 4.15. The van der Waals surface area contributed by atoms with Crippen LogP contribution in [0.15, 0.2) is 48.8 Å². The number of aliphatic hydroxyl groups excluding tert-OH is 1. The number of nitrogens with zero attached hydrogens (tertiary/aromatic N) is 1. The van der Waals surface area contributed by atoms with Crippen LogP contribution in [0.5, 0.6) is 11.5 Å². The largest absolute Gasteiger partial charge is 0.497 e. The van der Waals surface area contributed by atoms with Gasteiger partial charge in [-0.15, -0.1) is 0 Å². The fraction of sp³-hybridized carbons (Fsp3) is 0.267. The third-order valence-corrected chi connectivity index (χ3v) is 2.91. The highest BCUT2D eigenvalue weighted by molar-refractivity contribution is 5.31. The van der Waals surface area contributed by atoms with E-state index in [9.17, 15) is 5.11 Å². The summed E-state index contributed by atoms with van der Waals surface area (Å²) in [5.41, 5.74) is 1.02. The molecule has 1 atom stereocenters. The summed E-state index contributed by atoms with van der Waals surface area (Å²) in [6, 6.07) is 11.2. The standard InChI is InChI=1S/C15H17NO3/c1-18-14-2-4-15(5-3-14)19-11-13(10-17)12-6-8-16-9-7-12/h2-9,13,17H,10-11H2,1H3. The van der Waals surface area contributed by atoms with Crippen LogP contribution in [0.2, 0.25) is 0 Å². The molecule has 0 spiro atoms. The van der Waals surface area contributed by atoms with E-state index in [1.807, 2.05) is 36.4 Å². The minimum Gasteiger partial charge on any atom is -0.497 e. The summed E-state index contributed by atoms with van der Waals surface area (Å²) in [7, 11) is 1.63. The molecule has 0 fully saturated rings. The first kappa shape index (κ1) is 13.4. The Hall–Kier alpha value is -2.07. The first-order valence-corrected chi connectivity index (χ1v) is 6.11. The van der Waals surface area contributed by atoms with E-state index in [0.29, 0.717) is 6.61 Å². The van der Waals surface area contributed by atoms with Gasteiger partial charge < -0.3 is 14.6 Å². The molecule has 4 nitrogen and oxygen atoms in total. The topological polar surface area (TPSA) is 51.6 Å². The first-order valence-electron chi connectivity index (χ1n) is 6.11. The number of hydrogen-bond donors (Lipinski definition) is 1. The van der Waals surface area contributed by atoms with E-state index in [2.05, 4.69) is 4.98 Å². The molecule has 2 aromatic rings. The van der Waals surface area contributed by atoms with Crippen molar-refractivity contribution >= 4 is 0 Å². The average molecular weight is 259 g/mol. The van der Waals surface area contributed by atoms with Gasteiger partial charge in [0.1, 0.15) is 11.5 Å². The van der Waals surface area contributed by atoms with Crippen molar-refractivity contribution < 1.29 is 14.6 Å². The van der Waals surface area contributed by atoms with Crippen LogP contribution in [0.1, 0.15) is 11.5 Å². The molecule has 1 aromatic carbocycles. The third kappa shape index (κ3) is 3.69. The fourth-order valence-electron chi connectivity index (χ4n) is 1.76. The van der Waals surface area contributed by atoms with Crippen LogP contribution in [-0.4, -0.2) is 30.4 Å². The zero-order valence-corrected chi connectivity index (χ0v) is 10.8. The third-order valence-electron chi connectivity index (χ3n) is 2.91. The lowest BCUT2D eigenvalue weighted by Crippen LogP contribution is -2.14. The van der Waals surface area contributed by atoms with Gasteiger partial charge in [-0.3, -0.25) is 4.98 Å². The summed E-state index contributed by atoms with van der Waals surface area (Å²) in [4.78, 5) is 3.96. The lowest BCUT2D eigenvalue weighted by molar-refractivity contribution is 0.205. The molecule has 4 heteroatoms. The van der Waals surface area contributed by atoms with Crippen molar-refractivity contribution in [1.82, 2.24) is 4.98 Å². The van der Waals surface area contributed by atoms with E-state index in [1.54, 1.807) is 19.5 Å². The Morgan fingerprint density at radius 2 is 1.68 bits per heavy atom. The Morgan fingerprint density at radius 3 is 2.26 bits per heavy atom. The van der Waals surface area contributed by atoms with E-state index in [1.165, 1.54) is 0 Å². The Kier molecular flexibility index (Phi) is 4.75. The van der Waals surface area contributed by atoms with Gasteiger partial charge in [-0.2, -0.15) is 0 Å². The molecule has 1 aromatic heterocycles. The SMILES string of the molecule is COc1ccc(OCC(CO)c2ccncc2)cc1. The number of aliphatic hydroxyl groups is 1. The molecule has 100 valence electrons. The molecule has 0 aliphatic heterocycles. The molecule has 2 rings (SSSR count). The Bertz CT molecular complexity index is 485. The van der Waals surface area contributed by atoms with Crippen molar-refractivity contribution in [2.45, 2.75) is 5.92 Å². The molecule has 0 saturated carbocycles. The highest BCUT2D eigenvalue weighted by Crippen LogP contribution is 2.20. The second-order valence-electron chi connectivity index (χ2n) is 4.15. The number of methoxy groups -OCH3 is 1. The van der Waals surface area contributed by atoms with Gasteiger partial charge in [0.05, 0.1) is 20.3 Å². The van der Waals surface area contributed by atoms with Crippen molar-refractivity contribution in [2.75, 3.05) is 20.3 Å². The van der Waals surface area contributed by atoms with Crippen molar-refractivity contribution in [3.05, 3.63) is 54.4 Å². The maximum Gasteiger partial charge on any atom is 0.119 e. The van der Waals surface area contributed by atoms with Gasteiger partial charge in [-0.1, -0.05) is 0 Å². The molecule has 0 bridgehead atoms. The number of benzene rings is 1. The molecule has 1 heterocycles. The van der Waals surface area contributed by atoms with Gasteiger partial charge in [0.2, 0.25) is 0 Å². The lowest BCUT2D eigenvalue weighted by atomic mass is 10.0. The first-order chi connectivity index (χ1) is 9.33. The summed E-state index contributed by atoms with van der Waals surface area (Å²) >= 11 is 0. The van der Waals surface area contributed by atoms with Crippen molar-refractivity contribution in [1.29, 1.82) is 0 Å². The van der Waals surface area contributed by atoms with Crippen molar-refractivity contribution in [2.24, 2.45) is 0 Å². The van der Waals surface area contributed by atoms with Crippen molar-refractivity contribution in [3.63, 3.8) is 0 Å². The highest BCUT2D eigenvalue weighted by atomic mass is 16.5. The van der Waals surface area contributed by atoms with Crippen LogP contribution in [0.25, 0.3) is 0 Å². The van der Waals surface area contributed by atoms with E-state index in [-0.39, 0.29) is 12.5 Å². The van der Waals surface area contributed by atoms with Crippen LogP contribution in [0.3, 0.4) is 0 Å². The molecule has 0 aliphatic rings. The Balaban J connectivity index is 1.96. The maximum atomic E-state index is 9.42. The summed E-state index contributed by atoms with van der Waals surface area (Å²) in [5, 5.41) is 9.42. The van der Waals surface area contributed by atoms with Crippen LogP contribution < -0.4 is 9.47 Å². The predicted octanol–water partition coefficient (Wildman–Crippen LogP) is 2.25. The van der Waals surface area contributed by atoms with Gasteiger partial charge in [-0.05, 0) is 42.0 Å². The quantitative estimate of drug-likeness (QED) is 0.864. The summed E-state index contributed by atoms with van der Waals surface area (Å²) < 4.78 is 10.8. The molecule has 0 saturated heterocycles. The maximum absolute atomic E-state index is 9.42. The Labute approximate surface area is 112 Å². The van der Waals surface area contributed by atoms with Crippen molar-refractivity contribution in [3.8, 4) is 11.5 Å². The average Bonchev–Trinajstić information content (AvgIpc) is 2.49. The summed E-state index contributed by atoms with van der Waals surface area (Å²) in [5.74, 6) is 1.50. The predicted molar refractivity (Wildman–Crippen MR) is 72.6 cm³/mol. The molecule has 19 heavy (non-hydrogen) atoms.